The third-order valence-corrected chi connectivity index (χ3v) is 1.93. The van der Waals surface area contributed by atoms with Gasteiger partial charge in [0.15, 0.2) is 0 Å². The number of anilines is 1. The summed E-state index contributed by atoms with van der Waals surface area (Å²) in [6, 6.07) is 5.68. The van der Waals surface area contributed by atoms with E-state index in [0.29, 0.717) is 0 Å². The molecule has 4 nitrogen and oxygen atoms in total. The normalized spacial score (nSPS) is 10.1. The molecule has 0 aliphatic heterocycles. The molecule has 0 atom stereocenters. The van der Waals surface area contributed by atoms with Gasteiger partial charge in [0.1, 0.15) is 0 Å². The molecule has 0 spiro atoms. The number of rotatable bonds is 1. The molecule has 0 aliphatic carbocycles. The number of pyridine rings is 1. The predicted octanol–water partition coefficient (Wildman–Crippen LogP) is 1.43. The minimum absolute atomic E-state index is 0.271. The van der Waals surface area contributed by atoms with E-state index in [0.717, 1.165) is 17.0 Å². The zero-order valence-corrected chi connectivity index (χ0v) is 7.81. The summed E-state index contributed by atoms with van der Waals surface area (Å²) in [6.07, 6.45) is 3.37. The van der Waals surface area contributed by atoms with Crippen LogP contribution in [-0.2, 0) is 0 Å². The van der Waals surface area contributed by atoms with Gasteiger partial charge in [-0.25, -0.2) is 9.97 Å². The monoisotopic (exact) mass is 186 g/mol. The lowest BCUT2D eigenvalue weighted by atomic mass is 10.1. The van der Waals surface area contributed by atoms with E-state index >= 15 is 0 Å². The van der Waals surface area contributed by atoms with Gasteiger partial charge in [-0.15, -0.1) is 0 Å². The van der Waals surface area contributed by atoms with Crippen LogP contribution in [0.2, 0.25) is 0 Å². The van der Waals surface area contributed by atoms with Crippen molar-refractivity contribution in [2.45, 2.75) is 6.92 Å². The first kappa shape index (κ1) is 8.62. The summed E-state index contributed by atoms with van der Waals surface area (Å²) in [5.41, 5.74) is 8.18. The van der Waals surface area contributed by atoms with Crippen LogP contribution in [0.3, 0.4) is 0 Å². The second-order valence-electron chi connectivity index (χ2n) is 2.97. The Morgan fingerprint density at radius 3 is 2.71 bits per heavy atom. The lowest BCUT2D eigenvalue weighted by Gasteiger charge is -2.02. The first-order chi connectivity index (χ1) is 6.77. The SMILES string of the molecule is Cc1cccnc1-c1ccnc(N)n1. The molecule has 0 amide bonds. The first-order valence-electron chi connectivity index (χ1n) is 4.28. The standard InChI is InChI=1S/C10H10N4/c1-7-3-2-5-12-9(7)8-4-6-13-10(11)14-8/h2-6H,1H3,(H2,11,13,14). The maximum absolute atomic E-state index is 5.50. The summed E-state index contributed by atoms with van der Waals surface area (Å²) >= 11 is 0. The zero-order valence-electron chi connectivity index (χ0n) is 7.81. The Hall–Kier alpha value is -1.97. The van der Waals surface area contributed by atoms with Gasteiger partial charge in [-0.2, -0.15) is 0 Å². The molecule has 70 valence electrons. The van der Waals surface area contributed by atoms with Crippen LogP contribution in [0.4, 0.5) is 5.95 Å². The van der Waals surface area contributed by atoms with Gasteiger partial charge in [0.25, 0.3) is 0 Å². The van der Waals surface area contributed by atoms with Gasteiger partial charge < -0.3 is 5.73 Å². The van der Waals surface area contributed by atoms with Gasteiger partial charge in [0, 0.05) is 12.4 Å². The number of hydrogen-bond acceptors (Lipinski definition) is 4. The van der Waals surface area contributed by atoms with Gasteiger partial charge in [0.2, 0.25) is 5.95 Å². The highest BCUT2D eigenvalue weighted by atomic mass is 15.0. The van der Waals surface area contributed by atoms with Crippen molar-refractivity contribution in [3.63, 3.8) is 0 Å². The fraction of sp³-hybridized carbons (Fsp3) is 0.100. The van der Waals surface area contributed by atoms with Crippen LogP contribution in [0.1, 0.15) is 5.56 Å². The molecule has 0 unspecified atom stereocenters. The van der Waals surface area contributed by atoms with E-state index in [1.807, 2.05) is 19.1 Å². The predicted molar refractivity (Wildman–Crippen MR) is 54.4 cm³/mol. The molecule has 0 fully saturated rings. The second-order valence-corrected chi connectivity index (χ2v) is 2.97. The molecule has 2 rings (SSSR count). The van der Waals surface area contributed by atoms with Gasteiger partial charge in [-0.05, 0) is 24.6 Å². The smallest absolute Gasteiger partial charge is 0.220 e. The van der Waals surface area contributed by atoms with E-state index in [9.17, 15) is 0 Å². The van der Waals surface area contributed by atoms with Crippen molar-refractivity contribution in [1.82, 2.24) is 15.0 Å². The van der Waals surface area contributed by atoms with Crippen molar-refractivity contribution >= 4 is 5.95 Å². The average Bonchev–Trinajstić information content (AvgIpc) is 2.18. The van der Waals surface area contributed by atoms with Crippen molar-refractivity contribution in [3.8, 4) is 11.4 Å². The summed E-state index contributed by atoms with van der Waals surface area (Å²) in [5.74, 6) is 0.271. The molecule has 14 heavy (non-hydrogen) atoms. The minimum atomic E-state index is 0.271. The van der Waals surface area contributed by atoms with Gasteiger partial charge in [-0.1, -0.05) is 6.07 Å². The molecule has 0 saturated heterocycles. The summed E-state index contributed by atoms with van der Waals surface area (Å²) in [7, 11) is 0. The van der Waals surface area contributed by atoms with E-state index in [4.69, 9.17) is 5.73 Å². The number of hydrogen-bond donors (Lipinski definition) is 1. The van der Waals surface area contributed by atoms with E-state index in [2.05, 4.69) is 15.0 Å². The third kappa shape index (κ3) is 1.54. The molecule has 0 aliphatic rings. The second kappa shape index (κ2) is 3.41. The van der Waals surface area contributed by atoms with E-state index in [-0.39, 0.29) is 5.95 Å². The van der Waals surface area contributed by atoms with E-state index < -0.39 is 0 Å². The van der Waals surface area contributed by atoms with Gasteiger partial charge in [0.05, 0.1) is 11.4 Å². The lowest BCUT2D eigenvalue weighted by Crippen LogP contribution is -1.97. The Labute approximate surface area is 81.9 Å². The topological polar surface area (TPSA) is 64.7 Å². The van der Waals surface area contributed by atoms with Crippen molar-refractivity contribution in [1.29, 1.82) is 0 Å². The van der Waals surface area contributed by atoms with E-state index in [1.54, 1.807) is 18.5 Å². The number of aromatic nitrogens is 3. The maximum atomic E-state index is 5.50. The molecule has 2 aromatic heterocycles. The zero-order chi connectivity index (χ0) is 9.97. The minimum Gasteiger partial charge on any atom is -0.368 e. The maximum Gasteiger partial charge on any atom is 0.220 e. The number of nitrogen functional groups attached to an aromatic ring is 1. The van der Waals surface area contributed by atoms with Crippen molar-refractivity contribution < 1.29 is 0 Å². The molecule has 0 radical (unpaired) electrons. The summed E-state index contributed by atoms with van der Waals surface area (Å²) in [5, 5.41) is 0. The number of aryl methyl sites for hydroxylation is 1. The van der Waals surface area contributed by atoms with Crippen LogP contribution < -0.4 is 5.73 Å². The molecular weight excluding hydrogens is 176 g/mol. The number of nitrogens with two attached hydrogens (primary N) is 1. The Kier molecular flexibility index (Phi) is 2.10. The van der Waals surface area contributed by atoms with Crippen LogP contribution in [-0.4, -0.2) is 15.0 Å². The fourth-order valence-corrected chi connectivity index (χ4v) is 1.26. The molecule has 0 bridgehead atoms. The molecule has 2 N–H and O–H groups in total. The highest BCUT2D eigenvalue weighted by molar-refractivity contribution is 5.58. The Balaban J connectivity index is 2.55. The Morgan fingerprint density at radius 2 is 2.00 bits per heavy atom. The quantitative estimate of drug-likeness (QED) is 0.731. The van der Waals surface area contributed by atoms with Crippen molar-refractivity contribution in [3.05, 3.63) is 36.2 Å². The van der Waals surface area contributed by atoms with Crippen LogP contribution >= 0.6 is 0 Å². The summed E-state index contributed by atoms with van der Waals surface area (Å²) in [6.45, 7) is 1.99. The Bertz CT molecular complexity index is 453. The van der Waals surface area contributed by atoms with Gasteiger partial charge in [-0.3, -0.25) is 4.98 Å². The number of nitrogens with zero attached hydrogens (tertiary/aromatic N) is 3. The summed E-state index contributed by atoms with van der Waals surface area (Å²) < 4.78 is 0. The fourth-order valence-electron chi connectivity index (χ4n) is 1.26. The lowest BCUT2D eigenvalue weighted by molar-refractivity contribution is 1.15. The van der Waals surface area contributed by atoms with Crippen LogP contribution in [0.25, 0.3) is 11.4 Å². The van der Waals surface area contributed by atoms with E-state index in [1.165, 1.54) is 0 Å². The molecule has 2 aromatic rings. The molecule has 2 heterocycles. The van der Waals surface area contributed by atoms with Crippen molar-refractivity contribution in [2.75, 3.05) is 5.73 Å². The molecule has 0 aromatic carbocycles. The third-order valence-electron chi connectivity index (χ3n) is 1.93. The first-order valence-corrected chi connectivity index (χ1v) is 4.28. The molecular formula is C10H10N4. The highest BCUT2D eigenvalue weighted by Gasteiger charge is 2.03. The van der Waals surface area contributed by atoms with Crippen LogP contribution in [0, 0.1) is 6.92 Å². The summed E-state index contributed by atoms with van der Waals surface area (Å²) in [4.78, 5) is 12.2. The van der Waals surface area contributed by atoms with Crippen LogP contribution in [0.5, 0.6) is 0 Å². The largest absolute Gasteiger partial charge is 0.368 e. The molecule has 4 heteroatoms. The average molecular weight is 186 g/mol. The van der Waals surface area contributed by atoms with Crippen LogP contribution in [0.15, 0.2) is 30.6 Å². The highest BCUT2D eigenvalue weighted by Crippen LogP contribution is 2.17. The molecule has 0 saturated carbocycles. The van der Waals surface area contributed by atoms with Gasteiger partial charge >= 0.3 is 0 Å². The van der Waals surface area contributed by atoms with Crippen molar-refractivity contribution in [2.24, 2.45) is 0 Å². The Morgan fingerprint density at radius 1 is 1.14 bits per heavy atom.